The van der Waals surface area contributed by atoms with E-state index in [2.05, 4.69) is 36.4 Å². The van der Waals surface area contributed by atoms with Crippen molar-refractivity contribution in [2.45, 2.75) is 63.8 Å². The van der Waals surface area contributed by atoms with E-state index in [9.17, 15) is 5.11 Å². The van der Waals surface area contributed by atoms with E-state index >= 15 is 0 Å². The van der Waals surface area contributed by atoms with Crippen molar-refractivity contribution in [1.82, 2.24) is 0 Å². The van der Waals surface area contributed by atoms with Gasteiger partial charge in [0.25, 0.3) is 0 Å². The third-order valence-corrected chi connectivity index (χ3v) is 5.93. The minimum Gasteiger partial charge on any atom is -0.392 e. The quantitative estimate of drug-likeness (QED) is 0.769. The average molecular weight is 354 g/mol. The molecule has 0 saturated carbocycles. The van der Waals surface area contributed by atoms with Crippen LogP contribution in [0.25, 0.3) is 10.8 Å². The molecule has 2 aromatic carbocycles. The maximum absolute atomic E-state index is 10.6. The Morgan fingerprint density at radius 3 is 2.50 bits per heavy atom. The molecule has 0 aromatic heterocycles. The Balaban J connectivity index is 1.27. The van der Waals surface area contributed by atoms with Gasteiger partial charge in [0.15, 0.2) is 6.29 Å². The Morgan fingerprint density at radius 1 is 1.00 bits per heavy atom. The highest BCUT2D eigenvalue weighted by Gasteiger charge is 2.26. The van der Waals surface area contributed by atoms with Gasteiger partial charge in [0.05, 0.1) is 6.10 Å². The highest BCUT2D eigenvalue weighted by Crippen LogP contribution is 2.32. The molecule has 1 aliphatic carbocycles. The summed E-state index contributed by atoms with van der Waals surface area (Å²) in [6, 6.07) is 13.1. The molecule has 1 fully saturated rings. The average Bonchev–Trinajstić information content (AvgIpc) is 2.67. The van der Waals surface area contributed by atoms with E-state index in [0.29, 0.717) is 5.92 Å². The Labute approximate surface area is 156 Å². The Kier molecular flexibility index (Phi) is 5.88. The molecule has 1 N–H and O–H groups in total. The second-order valence-electron chi connectivity index (χ2n) is 7.87. The summed E-state index contributed by atoms with van der Waals surface area (Å²) in [4.78, 5) is 0. The number of aliphatic hydroxyl groups is 1. The van der Waals surface area contributed by atoms with Gasteiger partial charge in [-0.25, -0.2) is 0 Å². The van der Waals surface area contributed by atoms with Crippen LogP contribution in [0.15, 0.2) is 36.4 Å². The first-order chi connectivity index (χ1) is 12.8. The molecule has 3 nitrogen and oxygen atoms in total. The van der Waals surface area contributed by atoms with Crippen molar-refractivity contribution in [3.63, 3.8) is 0 Å². The topological polar surface area (TPSA) is 38.7 Å². The van der Waals surface area contributed by atoms with Gasteiger partial charge in [0.1, 0.15) is 0 Å². The number of rotatable bonds is 6. The first-order valence-electron chi connectivity index (χ1n) is 10.2. The number of benzene rings is 2. The molecular formula is C23H30O3. The van der Waals surface area contributed by atoms with E-state index in [1.54, 1.807) is 0 Å². The van der Waals surface area contributed by atoms with E-state index < -0.39 is 0 Å². The van der Waals surface area contributed by atoms with Gasteiger partial charge in [0.2, 0.25) is 0 Å². The molecular weight excluding hydrogens is 324 g/mol. The molecule has 1 aliphatic heterocycles. The molecule has 0 spiro atoms. The van der Waals surface area contributed by atoms with Gasteiger partial charge in [-0.05, 0) is 72.8 Å². The molecule has 0 radical (unpaired) electrons. The van der Waals surface area contributed by atoms with Crippen LogP contribution in [0.1, 0.15) is 49.7 Å². The largest absolute Gasteiger partial charge is 0.392 e. The molecule has 140 valence electrons. The number of aliphatic hydroxyl groups excluding tert-OH is 1. The van der Waals surface area contributed by atoms with Crippen LogP contribution in [0.4, 0.5) is 0 Å². The van der Waals surface area contributed by atoms with Crippen LogP contribution in [0.3, 0.4) is 0 Å². The number of hydrogen-bond donors (Lipinski definition) is 1. The summed E-state index contributed by atoms with van der Waals surface area (Å²) in [5.74, 6) is 0.370. The lowest BCUT2D eigenvalue weighted by Gasteiger charge is -2.30. The fraction of sp³-hybridized carbons (Fsp3) is 0.565. The lowest BCUT2D eigenvalue weighted by Crippen LogP contribution is -2.30. The normalized spacial score (nSPS) is 26.0. The van der Waals surface area contributed by atoms with Gasteiger partial charge < -0.3 is 14.6 Å². The summed E-state index contributed by atoms with van der Waals surface area (Å²) >= 11 is 0. The van der Waals surface area contributed by atoms with Crippen LogP contribution >= 0.6 is 0 Å². The van der Waals surface area contributed by atoms with Crippen molar-refractivity contribution in [2.75, 3.05) is 13.2 Å². The highest BCUT2D eigenvalue weighted by atomic mass is 16.7. The van der Waals surface area contributed by atoms with E-state index in [4.69, 9.17) is 9.47 Å². The van der Waals surface area contributed by atoms with Gasteiger partial charge >= 0.3 is 0 Å². The van der Waals surface area contributed by atoms with Crippen molar-refractivity contribution in [1.29, 1.82) is 0 Å². The van der Waals surface area contributed by atoms with Gasteiger partial charge in [0, 0.05) is 13.2 Å². The number of ether oxygens (including phenoxy) is 2. The highest BCUT2D eigenvalue weighted by molar-refractivity contribution is 5.84. The van der Waals surface area contributed by atoms with Crippen molar-refractivity contribution in [2.24, 2.45) is 5.92 Å². The summed E-state index contributed by atoms with van der Waals surface area (Å²) in [6.45, 7) is 1.61. The monoisotopic (exact) mass is 354 g/mol. The standard InChI is InChI=1S/C23H30O3/c24-22-16-21-14-18-8-2-1-7-17(18)13-20(21)15-19(22)9-3-5-11-25-23-10-4-6-12-26-23/h1-2,7-8,13-14,19,22-24H,3-6,9-12,15-16H2. The molecule has 2 aliphatic rings. The first-order valence-corrected chi connectivity index (χ1v) is 10.2. The third-order valence-electron chi connectivity index (χ3n) is 5.93. The summed E-state index contributed by atoms with van der Waals surface area (Å²) in [6.07, 6.45) is 8.23. The number of hydrogen-bond acceptors (Lipinski definition) is 3. The lowest BCUT2D eigenvalue weighted by atomic mass is 9.78. The second-order valence-corrected chi connectivity index (χ2v) is 7.87. The van der Waals surface area contributed by atoms with Crippen LogP contribution in [-0.2, 0) is 22.3 Å². The van der Waals surface area contributed by atoms with Crippen molar-refractivity contribution < 1.29 is 14.6 Å². The fourth-order valence-corrected chi connectivity index (χ4v) is 4.39. The van der Waals surface area contributed by atoms with Crippen LogP contribution in [-0.4, -0.2) is 30.7 Å². The zero-order chi connectivity index (χ0) is 17.8. The SMILES string of the molecule is OC1Cc2cc3ccccc3cc2CC1CCCCOC1CCCCO1. The number of fused-ring (bicyclic) bond motifs is 2. The maximum atomic E-state index is 10.6. The number of unbranched alkanes of at least 4 members (excludes halogenated alkanes) is 1. The Morgan fingerprint density at radius 2 is 1.77 bits per heavy atom. The van der Waals surface area contributed by atoms with Crippen molar-refractivity contribution in [3.8, 4) is 0 Å². The lowest BCUT2D eigenvalue weighted by molar-refractivity contribution is -0.162. The molecule has 0 bridgehead atoms. The Hall–Kier alpha value is -1.42. The smallest absolute Gasteiger partial charge is 0.157 e. The summed E-state index contributed by atoms with van der Waals surface area (Å²) in [5.41, 5.74) is 2.75. The molecule has 3 unspecified atom stereocenters. The molecule has 3 atom stereocenters. The zero-order valence-corrected chi connectivity index (χ0v) is 15.5. The second kappa shape index (κ2) is 8.51. The van der Waals surface area contributed by atoms with E-state index in [-0.39, 0.29) is 12.4 Å². The van der Waals surface area contributed by atoms with Crippen molar-refractivity contribution in [3.05, 3.63) is 47.5 Å². The van der Waals surface area contributed by atoms with Crippen LogP contribution in [0, 0.1) is 5.92 Å². The molecule has 1 saturated heterocycles. The summed E-state index contributed by atoms with van der Waals surface area (Å²) in [7, 11) is 0. The molecule has 3 heteroatoms. The molecule has 2 aromatic rings. The predicted octanol–water partition coefficient (Wildman–Crippen LogP) is 4.63. The van der Waals surface area contributed by atoms with E-state index in [1.807, 2.05) is 0 Å². The first kappa shape index (κ1) is 18.0. The zero-order valence-electron chi connectivity index (χ0n) is 15.5. The van der Waals surface area contributed by atoms with Crippen LogP contribution in [0.5, 0.6) is 0 Å². The summed E-state index contributed by atoms with van der Waals surface area (Å²) < 4.78 is 11.4. The molecule has 4 rings (SSSR count). The third kappa shape index (κ3) is 4.28. The van der Waals surface area contributed by atoms with Crippen molar-refractivity contribution >= 4 is 10.8 Å². The van der Waals surface area contributed by atoms with Gasteiger partial charge in [-0.15, -0.1) is 0 Å². The van der Waals surface area contributed by atoms with E-state index in [0.717, 1.165) is 58.2 Å². The molecule has 0 amide bonds. The molecule has 1 heterocycles. The molecule has 26 heavy (non-hydrogen) atoms. The summed E-state index contributed by atoms with van der Waals surface area (Å²) in [5, 5.41) is 13.2. The van der Waals surface area contributed by atoms with Crippen LogP contribution in [0.2, 0.25) is 0 Å². The predicted molar refractivity (Wildman–Crippen MR) is 104 cm³/mol. The minimum atomic E-state index is -0.216. The fourth-order valence-electron chi connectivity index (χ4n) is 4.39. The maximum Gasteiger partial charge on any atom is 0.157 e. The Bertz CT molecular complexity index is 720. The van der Waals surface area contributed by atoms with Gasteiger partial charge in [-0.2, -0.15) is 0 Å². The minimum absolute atomic E-state index is 0.0178. The van der Waals surface area contributed by atoms with E-state index in [1.165, 1.54) is 28.3 Å². The van der Waals surface area contributed by atoms with Gasteiger partial charge in [-0.3, -0.25) is 0 Å². The van der Waals surface area contributed by atoms with Gasteiger partial charge in [-0.1, -0.05) is 42.8 Å². The van der Waals surface area contributed by atoms with Crippen LogP contribution < -0.4 is 0 Å².